The number of hydrogen-bond donors (Lipinski definition) is 2. The zero-order chi connectivity index (χ0) is 3.58. The molecule has 0 radical (unpaired) electrons. The van der Waals surface area contributed by atoms with E-state index in [9.17, 15) is 0 Å². The van der Waals surface area contributed by atoms with Gasteiger partial charge in [-0.15, -0.1) is 0 Å². The average Bonchev–Trinajstić information content (AvgIpc) is 0.811. The molecule has 0 aliphatic rings. The van der Waals surface area contributed by atoms with Gasteiger partial charge in [0, 0.05) is 0 Å². The molecule has 0 aliphatic carbocycles. The molecule has 6 heteroatoms. The summed E-state index contributed by atoms with van der Waals surface area (Å²) < 4.78 is 24.2. The van der Waals surface area contributed by atoms with Gasteiger partial charge < -0.3 is 0 Å². The summed E-state index contributed by atoms with van der Waals surface area (Å²) in [7, 11) is -3.12. The van der Waals surface area contributed by atoms with Crippen LogP contribution in [0.25, 0.3) is 0 Å². The van der Waals surface area contributed by atoms with E-state index in [0.29, 0.717) is 0 Å². The van der Waals surface area contributed by atoms with Crippen LogP contribution in [0.3, 0.4) is 0 Å². The van der Waals surface area contributed by atoms with Gasteiger partial charge >= 0.3 is 29.6 Å². The predicted molar refractivity (Wildman–Crippen MR) is 30.0 cm³/mol. The Morgan fingerprint density at radius 2 is 1.33 bits per heavy atom. The van der Waals surface area contributed by atoms with E-state index >= 15 is 0 Å². The topological polar surface area (TPSA) is 54.4 Å². The third kappa shape index (κ3) is 51.6. The Morgan fingerprint density at radius 3 is 1.33 bits per heavy atom. The first kappa shape index (κ1) is 15.7. The fraction of sp³-hybridized carbons (Fsp3) is 0. The third-order valence-corrected chi connectivity index (χ3v) is 0. The van der Waals surface area contributed by atoms with Crippen LogP contribution in [0, 0.1) is 0 Å². The van der Waals surface area contributed by atoms with Crippen LogP contribution >= 0.6 is 0 Å². The average molecular weight is 136 g/mol. The summed E-state index contributed by atoms with van der Waals surface area (Å²) in [5, 5.41) is 0. The summed E-state index contributed by atoms with van der Waals surface area (Å²) in [6, 6.07) is 0. The molecule has 0 amide bonds. The van der Waals surface area contributed by atoms with Crippen molar-refractivity contribution in [2.24, 2.45) is 0 Å². The maximum absolute atomic E-state index is 8.59. The second kappa shape index (κ2) is 9.67. The number of hydrogen-bond acceptors (Lipinski definition) is 2. The van der Waals surface area contributed by atoms with Gasteiger partial charge in [0.25, 0.3) is 11.0 Å². The van der Waals surface area contributed by atoms with E-state index < -0.39 is 11.0 Å². The van der Waals surface area contributed by atoms with E-state index in [1.807, 2.05) is 0 Å². The second-order valence-electron chi connectivity index (χ2n) is 0.238. The normalized spacial score (nSPS) is 5.67. The molecule has 0 heterocycles. The predicted octanol–water partition coefficient (Wildman–Crippen LogP) is -2.76. The summed E-state index contributed by atoms with van der Waals surface area (Å²) in [6.07, 6.45) is 0. The molecule has 0 aromatic carbocycles. The number of thiol groups is 1. The summed E-state index contributed by atoms with van der Waals surface area (Å²) in [5.74, 6) is 0. The Bertz CT molecular complexity index is 59.2. The van der Waals surface area contributed by atoms with Gasteiger partial charge in [-0.25, -0.2) is 8.42 Å². The molecule has 0 atom stereocenters. The van der Waals surface area contributed by atoms with E-state index in [4.69, 9.17) is 13.0 Å². The van der Waals surface area contributed by atoms with Crippen molar-refractivity contribution in [3.8, 4) is 0 Å². The molecule has 1 N–H and O–H groups in total. The molecule has 6 heavy (non-hydrogen) atoms. The quantitative estimate of drug-likeness (QED) is 0.215. The van der Waals surface area contributed by atoms with Crippen molar-refractivity contribution in [1.29, 1.82) is 0 Å². The zero-order valence-electron chi connectivity index (χ0n) is 1.71. The molecule has 0 aromatic heterocycles. The van der Waals surface area contributed by atoms with Gasteiger partial charge in [0.15, 0.2) is 17.4 Å². The molecule has 0 saturated heterocycles. The van der Waals surface area contributed by atoms with Crippen LogP contribution in [0.1, 0.15) is 0 Å². The summed E-state index contributed by atoms with van der Waals surface area (Å²) in [6.45, 7) is 0. The Balaban J connectivity index is -0.0000000450. The van der Waals surface area contributed by atoms with Crippen LogP contribution in [0.15, 0.2) is 0 Å². The van der Waals surface area contributed by atoms with Crippen LogP contribution in [0.4, 0.5) is 0 Å². The monoisotopic (exact) mass is 136 g/mol. The van der Waals surface area contributed by atoms with E-state index in [-0.39, 0.29) is 46.9 Å². The van der Waals surface area contributed by atoms with Crippen molar-refractivity contribution < 1.29 is 13.0 Å². The van der Waals surface area contributed by atoms with Crippen LogP contribution in [-0.4, -0.2) is 59.9 Å². The van der Waals surface area contributed by atoms with Gasteiger partial charge in [-0.1, -0.05) is 0 Å². The molecular weight excluding hydrogens is 130 g/mol. The summed E-state index contributed by atoms with van der Waals surface area (Å²) in [5.41, 5.74) is 0. The van der Waals surface area contributed by atoms with Crippen LogP contribution in [0.5, 0.6) is 0 Å². The first-order chi connectivity index (χ1) is 1.73. The summed E-state index contributed by atoms with van der Waals surface area (Å²) >= 11 is 0. The maximum atomic E-state index is 8.59. The van der Waals surface area contributed by atoms with Gasteiger partial charge in [0.2, 0.25) is 0 Å². The van der Waals surface area contributed by atoms with E-state index in [0.717, 1.165) is 0 Å². The van der Waals surface area contributed by atoms with E-state index in [1.54, 1.807) is 0 Å². The van der Waals surface area contributed by atoms with Gasteiger partial charge in [-0.05, 0) is 0 Å². The van der Waals surface area contributed by atoms with Crippen molar-refractivity contribution in [1.82, 2.24) is 0 Å². The molecule has 0 aliphatic heterocycles. The molecule has 34 valence electrons. The van der Waals surface area contributed by atoms with Crippen molar-refractivity contribution in [2.45, 2.75) is 0 Å². The molecule has 0 bridgehead atoms. The second-order valence-corrected chi connectivity index (χ2v) is 0.714. The molecule has 0 aromatic rings. The molecule has 0 saturated carbocycles. The minimum absolute atomic E-state index is 0. The SMILES string of the molecule is O=[SH](=O)O.[AlH3].[NaH]. The zero-order valence-corrected chi connectivity index (χ0v) is 2.61. The molecule has 0 fully saturated rings. The number of rotatable bonds is 0. The van der Waals surface area contributed by atoms with Crippen molar-refractivity contribution in [3.63, 3.8) is 0 Å². The first-order valence-corrected chi connectivity index (χ1v) is 1.70. The van der Waals surface area contributed by atoms with Crippen LogP contribution in [0.2, 0.25) is 0 Å². The van der Waals surface area contributed by atoms with E-state index in [1.165, 1.54) is 0 Å². The van der Waals surface area contributed by atoms with Gasteiger partial charge in [-0.3, -0.25) is 4.55 Å². The Labute approximate surface area is 70.3 Å². The van der Waals surface area contributed by atoms with Crippen LogP contribution < -0.4 is 0 Å². The Hall–Kier alpha value is 1.44. The van der Waals surface area contributed by atoms with Crippen molar-refractivity contribution in [3.05, 3.63) is 0 Å². The van der Waals surface area contributed by atoms with Crippen molar-refractivity contribution in [2.75, 3.05) is 0 Å². The first-order valence-electron chi connectivity index (χ1n) is 0.565. The van der Waals surface area contributed by atoms with Crippen LogP contribution in [-0.2, 0) is 11.0 Å². The van der Waals surface area contributed by atoms with Gasteiger partial charge in [0.1, 0.15) is 0 Å². The molecular formula is H6AlNaO3S. The Morgan fingerprint density at radius 1 is 1.33 bits per heavy atom. The fourth-order valence-corrected chi connectivity index (χ4v) is 0. The summed E-state index contributed by atoms with van der Waals surface area (Å²) in [4.78, 5) is 0. The van der Waals surface area contributed by atoms with Gasteiger partial charge in [0.05, 0.1) is 0 Å². The Kier molecular flexibility index (Phi) is 25.2. The van der Waals surface area contributed by atoms with Crippen molar-refractivity contribution >= 4 is 57.9 Å². The molecule has 0 unspecified atom stereocenters. The standard InChI is InChI=1S/Al.Na.H2O3S.4H/c;;1-4(2)3;;;;/h;;4H,(H,1,2,3);;;;. The fourth-order valence-electron chi connectivity index (χ4n) is 0. The molecule has 0 rings (SSSR count). The van der Waals surface area contributed by atoms with E-state index in [2.05, 4.69) is 0 Å². The molecule has 3 nitrogen and oxygen atoms in total. The van der Waals surface area contributed by atoms with Gasteiger partial charge in [-0.2, -0.15) is 0 Å². The minimum atomic E-state index is -3.12. The molecule has 0 spiro atoms. The third-order valence-electron chi connectivity index (χ3n) is 0.